The van der Waals surface area contributed by atoms with E-state index < -0.39 is 16.0 Å². The molecule has 0 radical (unpaired) electrons. The number of hydrogen-bond donors (Lipinski definition) is 1. The van der Waals surface area contributed by atoms with Crippen molar-refractivity contribution in [1.29, 1.82) is 0 Å². The highest BCUT2D eigenvalue weighted by Gasteiger charge is 2.21. The van der Waals surface area contributed by atoms with Crippen LogP contribution in [0.5, 0.6) is 0 Å². The Labute approximate surface area is 108 Å². The van der Waals surface area contributed by atoms with Crippen LogP contribution >= 0.6 is 15.9 Å². The average Bonchev–Trinajstić information content (AvgIpc) is 2.20. The summed E-state index contributed by atoms with van der Waals surface area (Å²) in [5, 5.41) is 8.99. The number of carbonyl (C=O) groups is 1. The fraction of sp³-hybridized carbons (Fsp3) is 0.300. The van der Waals surface area contributed by atoms with E-state index in [1.165, 1.54) is 20.2 Å². The Balaban J connectivity index is 3.55. The first-order valence-electron chi connectivity index (χ1n) is 4.64. The van der Waals surface area contributed by atoms with Crippen molar-refractivity contribution in [2.45, 2.75) is 11.8 Å². The van der Waals surface area contributed by atoms with Crippen molar-refractivity contribution in [3.63, 3.8) is 0 Å². The van der Waals surface area contributed by atoms with E-state index in [2.05, 4.69) is 15.9 Å². The Hall–Kier alpha value is -0.920. The van der Waals surface area contributed by atoms with Crippen LogP contribution in [0.15, 0.2) is 21.5 Å². The lowest BCUT2D eigenvalue weighted by atomic mass is 10.1. The van der Waals surface area contributed by atoms with Crippen LogP contribution < -0.4 is 0 Å². The van der Waals surface area contributed by atoms with Gasteiger partial charge < -0.3 is 5.11 Å². The first-order chi connectivity index (χ1) is 7.67. The molecule has 0 amide bonds. The topological polar surface area (TPSA) is 74.7 Å². The summed E-state index contributed by atoms with van der Waals surface area (Å²) in [6.45, 7) is 1.61. The zero-order valence-corrected chi connectivity index (χ0v) is 12.0. The Morgan fingerprint density at radius 3 is 2.29 bits per heavy atom. The molecule has 1 aromatic carbocycles. The van der Waals surface area contributed by atoms with E-state index in [4.69, 9.17) is 5.11 Å². The molecule has 7 heteroatoms. The zero-order chi connectivity index (χ0) is 13.4. The van der Waals surface area contributed by atoms with Crippen molar-refractivity contribution in [3.8, 4) is 0 Å². The summed E-state index contributed by atoms with van der Waals surface area (Å²) in [4.78, 5) is 10.9. The number of aromatic carboxylic acids is 1. The number of hydrogen-bond acceptors (Lipinski definition) is 3. The van der Waals surface area contributed by atoms with Gasteiger partial charge in [0.2, 0.25) is 10.0 Å². The number of benzene rings is 1. The number of carboxylic acid groups (broad SMARTS) is 1. The predicted octanol–water partition coefficient (Wildman–Crippen LogP) is 1.71. The predicted molar refractivity (Wildman–Crippen MR) is 66.7 cm³/mol. The van der Waals surface area contributed by atoms with Gasteiger partial charge in [0.1, 0.15) is 0 Å². The SMILES string of the molecule is Cc1c(Br)cc(S(=O)(=O)N(C)C)cc1C(=O)O. The fourth-order valence-corrected chi connectivity index (χ4v) is 2.80. The number of nitrogens with zero attached hydrogens (tertiary/aromatic N) is 1. The summed E-state index contributed by atoms with van der Waals surface area (Å²) in [5.74, 6) is -1.15. The molecule has 0 bridgehead atoms. The van der Waals surface area contributed by atoms with Crippen molar-refractivity contribution < 1.29 is 18.3 Å². The molecule has 17 heavy (non-hydrogen) atoms. The third kappa shape index (κ3) is 2.67. The molecule has 0 spiro atoms. The van der Waals surface area contributed by atoms with Gasteiger partial charge in [-0.15, -0.1) is 0 Å². The molecule has 1 N–H and O–H groups in total. The monoisotopic (exact) mass is 321 g/mol. The molecule has 0 aliphatic heterocycles. The van der Waals surface area contributed by atoms with Crippen molar-refractivity contribution in [3.05, 3.63) is 27.7 Å². The minimum absolute atomic E-state index is 0.0280. The molecule has 0 aliphatic rings. The standard InChI is InChI=1S/C10H12BrNO4S/c1-6-8(10(13)14)4-7(5-9(6)11)17(15,16)12(2)3/h4-5H,1-3H3,(H,13,14). The highest BCUT2D eigenvalue weighted by atomic mass is 79.9. The Kier molecular flexibility index (Phi) is 3.95. The van der Waals surface area contributed by atoms with E-state index >= 15 is 0 Å². The van der Waals surface area contributed by atoms with Gasteiger partial charge in [-0.1, -0.05) is 15.9 Å². The highest BCUT2D eigenvalue weighted by Crippen LogP contribution is 2.26. The normalized spacial score (nSPS) is 11.8. The summed E-state index contributed by atoms with van der Waals surface area (Å²) >= 11 is 3.16. The maximum atomic E-state index is 11.9. The number of rotatable bonds is 3. The van der Waals surface area contributed by atoms with E-state index in [0.29, 0.717) is 10.0 Å². The van der Waals surface area contributed by atoms with Crippen LogP contribution in [0.25, 0.3) is 0 Å². The summed E-state index contributed by atoms with van der Waals surface area (Å²) in [5.41, 5.74) is 0.468. The number of sulfonamides is 1. The first kappa shape index (κ1) is 14.1. The Bertz CT molecular complexity index is 566. The smallest absolute Gasteiger partial charge is 0.336 e. The molecule has 0 saturated carbocycles. The fourth-order valence-electron chi connectivity index (χ4n) is 1.24. The van der Waals surface area contributed by atoms with Crippen LogP contribution in [-0.4, -0.2) is 37.9 Å². The van der Waals surface area contributed by atoms with Crippen LogP contribution in [0.3, 0.4) is 0 Å². The van der Waals surface area contributed by atoms with Crippen molar-refractivity contribution >= 4 is 31.9 Å². The van der Waals surface area contributed by atoms with E-state index in [0.717, 1.165) is 10.4 Å². The van der Waals surface area contributed by atoms with E-state index in [-0.39, 0.29) is 10.5 Å². The zero-order valence-electron chi connectivity index (χ0n) is 9.56. The molecule has 0 aliphatic carbocycles. The average molecular weight is 322 g/mol. The minimum Gasteiger partial charge on any atom is -0.478 e. The molecule has 0 fully saturated rings. The molecule has 5 nitrogen and oxygen atoms in total. The van der Waals surface area contributed by atoms with E-state index in [9.17, 15) is 13.2 Å². The molecular weight excluding hydrogens is 310 g/mol. The maximum Gasteiger partial charge on any atom is 0.336 e. The van der Waals surface area contributed by atoms with Crippen LogP contribution in [0.1, 0.15) is 15.9 Å². The lowest BCUT2D eigenvalue weighted by molar-refractivity contribution is 0.0695. The van der Waals surface area contributed by atoms with Gasteiger partial charge in [-0.2, -0.15) is 0 Å². The van der Waals surface area contributed by atoms with Crippen molar-refractivity contribution in [2.24, 2.45) is 0 Å². The van der Waals surface area contributed by atoms with E-state index in [1.807, 2.05) is 0 Å². The molecule has 0 heterocycles. The molecule has 1 rings (SSSR count). The van der Waals surface area contributed by atoms with Crippen LogP contribution in [0.2, 0.25) is 0 Å². The quantitative estimate of drug-likeness (QED) is 0.919. The molecule has 0 unspecified atom stereocenters. The summed E-state index contributed by atoms with van der Waals surface area (Å²) in [7, 11) is -0.847. The van der Waals surface area contributed by atoms with Crippen LogP contribution in [0, 0.1) is 6.92 Å². The second-order valence-corrected chi connectivity index (χ2v) is 6.68. The van der Waals surface area contributed by atoms with E-state index in [1.54, 1.807) is 6.92 Å². The lowest BCUT2D eigenvalue weighted by Gasteiger charge is -2.13. The summed E-state index contributed by atoms with van der Waals surface area (Å²) < 4.78 is 25.3. The second-order valence-electron chi connectivity index (χ2n) is 3.67. The maximum absolute atomic E-state index is 11.9. The van der Waals surface area contributed by atoms with Crippen LogP contribution in [-0.2, 0) is 10.0 Å². The van der Waals surface area contributed by atoms with Gasteiger partial charge in [0.05, 0.1) is 10.5 Å². The van der Waals surface area contributed by atoms with Gasteiger partial charge in [0.15, 0.2) is 0 Å². The third-order valence-corrected chi connectivity index (χ3v) is 4.94. The van der Waals surface area contributed by atoms with Crippen molar-refractivity contribution in [1.82, 2.24) is 4.31 Å². The summed E-state index contributed by atoms with van der Waals surface area (Å²) in [6, 6.07) is 2.56. The molecule has 0 atom stereocenters. The molecule has 1 aromatic rings. The van der Waals surface area contributed by atoms with Gasteiger partial charge in [0, 0.05) is 18.6 Å². The largest absolute Gasteiger partial charge is 0.478 e. The van der Waals surface area contributed by atoms with Gasteiger partial charge in [-0.3, -0.25) is 0 Å². The van der Waals surface area contributed by atoms with Gasteiger partial charge in [-0.05, 0) is 24.6 Å². The van der Waals surface area contributed by atoms with Crippen LogP contribution in [0.4, 0.5) is 0 Å². The highest BCUT2D eigenvalue weighted by molar-refractivity contribution is 9.10. The second kappa shape index (κ2) is 4.75. The van der Waals surface area contributed by atoms with Gasteiger partial charge in [-0.25, -0.2) is 17.5 Å². The Morgan fingerprint density at radius 1 is 1.35 bits per heavy atom. The number of carboxylic acids is 1. The van der Waals surface area contributed by atoms with Gasteiger partial charge >= 0.3 is 5.97 Å². The molecule has 0 aromatic heterocycles. The minimum atomic E-state index is -3.63. The van der Waals surface area contributed by atoms with Gasteiger partial charge in [0.25, 0.3) is 0 Å². The Morgan fingerprint density at radius 2 is 1.88 bits per heavy atom. The molecule has 94 valence electrons. The molecular formula is C10H12BrNO4S. The first-order valence-corrected chi connectivity index (χ1v) is 6.87. The third-order valence-electron chi connectivity index (χ3n) is 2.33. The van der Waals surface area contributed by atoms with Crippen molar-refractivity contribution in [2.75, 3.05) is 14.1 Å². The molecule has 0 saturated heterocycles. The lowest BCUT2D eigenvalue weighted by Crippen LogP contribution is -2.22. The summed E-state index contributed by atoms with van der Waals surface area (Å²) in [6.07, 6.45) is 0. The number of halogens is 1.